The fourth-order valence-corrected chi connectivity index (χ4v) is 1.76. The van der Waals surface area contributed by atoms with Gasteiger partial charge in [-0.05, 0) is 19.4 Å². The summed E-state index contributed by atoms with van der Waals surface area (Å²) in [7, 11) is 1.96. The van der Waals surface area contributed by atoms with Gasteiger partial charge in [0, 0.05) is 0 Å². The lowest BCUT2D eigenvalue weighted by Crippen LogP contribution is -2.20. The molecule has 1 rings (SSSR count). The highest BCUT2D eigenvalue weighted by atomic mass is 15.2. The molecule has 1 aromatic rings. The van der Waals surface area contributed by atoms with E-state index in [0.717, 1.165) is 18.2 Å². The summed E-state index contributed by atoms with van der Waals surface area (Å²) < 4.78 is 0. The first-order valence-corrected chi connectivity index (χ1v) is 5.30. The van der Waals surface area contributed by atoms with Crippen LogP contribution in [-0.2, 0) is 0 Å². The van der Waals surface area contributed by atoms with Crippen LogP contribution in [0.2, 0.25) is 0 Å². The molecule has 0 aliphatic carbocycles. The second kappa shape index (κ2) is 5.75. The number of H-pyrrole nitrogens is 1. The van der Waals surface area contributed by atoms with Crippen molar-refractivity contribution in [3.63, 3.8) is 0 Å². The van der Waals surface area contributed by atoms with E-state index in [1.165, 1.54) is 12.8 Å². The molecule has 2 unspecified atom stereocenters. The highest BCUT2D eigenvalue weighted by molar-refractivity contribution is 4.91. The van der Waals surface area contributed by atoms with Gasteiger partial charge in [-0.25, -0.2) is 4.98 Å². The zero-order valence-corrected chi connectivity index (χ0v) is 9.25. The maximum atomic E-state index is 4.17. The molecule has 2 N–H and O–H groups in total. The van der Waals surface area contributed by atoms with Gasteiger partial charge >= 0.3 is 0 Å². The average molecular weight is 196 g/mol. The molecule has 0 saturated carbocycles. The van der Waals surface area contributed by atoms with Crippen LogP contribution in [0.25, 0.3) is 0 Å². The molecule has 4 heteroatoms. The Labute approximate surface area is 85.5 Å². The lowest BCUT2D eigenvalue weighted by molar-refractivity contribution is 0.396. The number of aromatic amines is 1. The molecule has 0 bridgehead atoms. The monoisotopic (exact) mass is 196 g/mol. The number of aromatic nitrogens is 3. The van der Waals surface area contributed by atoms with Crippen molar-refractivity contribution < 1.29 is 0 Å². The highest BCUT2D eigenvalue weighted by Crippen LogP contribution is 2.20. The van der Waals surface area contributed by atoms with Gasteiger partial charge in [0.2, 0.25) is 0 Å². The van der Waals surface area contributed by atoms with Crippen LogP contribution < -0.4 is 5.32 Å². The van der Waals surface area contributed by atoms with E-state index in [4.69, 9.17) is 0 Å². The Morgan fingerprint density at radius 2 is 2.36 bits per heavy atom. The van der Waals surface area contributed by atoms with Crippen molar-refractivity contribution in [3.05, 3.63) is 12.2 Å². The minimum Gasteiger partial charge on any atom is -0.310 e. The van der Waals surface area contributed by atoms with Gasteiger partial charge in [0.1, 0.15) is 12.2 Å². The number of rotatable bonds is 6. The minimum absolute atomic E-state index is 0.305. The molecule has 1 heterocycles. The van der Waals surface area contributed by atoms with Crippen LogP contribution in [0.15, 0.2) is 6.33 Å². The van der Waals surface area contributed by atoms with Crippen molar-refractivity contribution >= 4 is 0 Å². The fourth-order valence-electron chi connectivity index (χ4n) is 1.76. The third kappa shape index (κ3) is 3.10. The predicted molar refractivity (Wildman–Crippen MR) is 56.9 cm³/mol. The lowest BCUT2D eigenvalue weighted by atomic mass is 9.97. The summed E-state index contributed by atoms with van der Waals surface area (Å²) in [6.45, 7) is 4.50. The maximum absolute atomic E-state index is 4.17. The fraction of sp³-hybridized carbons (Fsp3) is 0.800. The van der Waals surface area contributed by atoms with E-state index in [1.807, 2.05) is 7.05 Å². The van der Waals surface area contributed by atoms with Gasteiger partial charge in [0.05, 0.1) is 6.04 Å². The summed E-state index contributed by atoms with van der Waals surface area (Å²) in [5.41, 5.74) is 0. The summed E-state index contributed by atoms with van der Waals surface area (Å²) >= 11 is 0. The van der Waals surface area contributed by atoms with Crippen molar-refractivity contribution in [2.24, 2.45) is 5.92 Å². The van der Waals surface area contributed by atoms with Crippen molar-refractivity contribution in [1.29, 1.82) is 0 Å². The van der Waals surface area contributed by atoms with Gasteiger partial charge in [-0.3, -0.25) is 5.10 Å². The molecule has 1 aromatic heterocycles. The van der Waals surface area contributed by atoms with Crippen LogP contribution in [0.4, 0.5) is 0 Å². The molecule has 0 aromatic carbocycles. The third-order valence-electron chi connectivity index (χ3n) is 2.53. The van der Waals surface area contributed by atoms with Gasteiger partial charge in [0.25, 0.3) is 0 Å². The standard InChI is InChI=1S/C10H20N4/c1-4-5-8(2)6-9(11-3)10-12-7-13-14-10/h7-9,11H,4-6H2,1-3H3,(H,12,13,14). The van der Waals surface area contributed by atoms with Crippen molar-refractivity contribution in [2.45, 2.75) is 39.2 Å². The van der Waals surface area contributed by atoms with Gasteiger partial charge < -0.3 is 5.32 Å². The normalized spacial score (nSPS) is 15.4. The summed E-state index contributed by atoms with van der Waals surface area (Å²) in [4.78, 5) is 4.17. The van der Waals surface area contributed by atoms with Crippen molar-refractivity contribution in [1.82, 2.24) is 20.5 Å². The zero-order chi connectivity index (χ0) is 10.4. The maximum Gasteiger partial charge on any atom is 0.141 e. The first-order chi connectivity index (χ1) is 6.77. The summed E-state index contributed by atoms with van der Waals surface area (Å²) in [5.74, 6) is 1.66. The van der Waals surface area contributed by atoms with E-state index in [-0.39, 0.29) is 0 Å². The highest BCUT2D eigenvalue weighted by Gasteiger charge is 2.15. The molecule has 0 aliphatic heterocycles. The van der Waals surface area contributed by atoms with E-state index in [0.29, 0.717) is 6.04 Å². The Morgan fingerprint density at radius 1 is 1.57 bits per heavy atom. The van der Waals surface area contributed by atoms with Gasteiger partial charge in [0.15, 0.2) is 0 Å². The molecule has 0 aliphatic rings. The molecule has 0 saturated heterocycles. The Kier molecular flexibility index (Phi) is 4.59. The number of nitrogens with zero attached hydrogens (tertiary/aromatic N) is 2. The summed E-state index contributed by atoms with van der Waals surface area (Å²) in [6, 6.07) is 0.305. The van der Waals surface area contributed by atoms with Crippen LogP contribution in [0.3, 0.4) is 0 Å². The van der Waals surface area contributed by atoms with E-state index in [1.54, 1.807) is 6.33 Å². The van der Waals surface area contributed by atoms with Gasteiger partial charge in [-0.1, -0.05) is 26.7 Å². The Hall–Kier alpha value is -0.900. The van der Waals surface area contributed by atoms with Crippen LogP contribution in [0, 0.1) is 5.92 Å². The quantitative estimate of drug-likeness (QED) is 0.730. The largest absolute Gasteiger partial charge is 0.310 e. The number of hydrogen-bond donors (Lipinski definition) is 2. The van der Waals surface area contributed by atoms with Crippen LogP contribution in [-0.4, -0.2) is 22.2 Å². The SMILES string of the molecule is CCCC(C)CC(NC)c1ncn[nH]1. The average Bonchev–Trinajstić information content (AvgIpc) is 2.67. The Balaban J connectivity index is 2.47. The molecular formula is C10H20N4. The summed E-state index contributed by atoms with van der Waals surface area (Å²) in [6.07, 6.45) is 5.18. The molecule has 0 amide bonds. The molecule has 2 atom stereocenters. The molecule has 14 heavy (non-hydrogen) atoms. The lowest BCUT2D eigenvalue weighted by Gasteiger charge is -2.17. The molecule has 0 fully saturated rings. The first-order valence-electron chi connectivity index (χ1n) is 5.30. The molecule has 80 valence electrons. The Bertz CT molecular complexity index is 232. The van der Waals surface area contributed by atoms with Crippen molar-refractivity contribution in [2.75, 3.05) is 7.05 Å². The van der Waals surface area contributed by atoms with E-state index in [2.05, 4.69) is 34.3 Å². The smallest absolute Gasteiger partial charge is 0.141 e. The second-order valence-corrected chi connectivity index (χ2v) is 3.84. The van der Waals surface area contributed by atoms with E-state index < -0.39 is 0 Å². The van der Waals surface area contributed by atoms with Crippen molar-refractivity contribution in [3.8, 4) is 0 Å². The topological polar surface area (TPSA) is 53.6 Å². The molecule has 0 radical (unpaired) electrons. The molecule has 0 spiro atoms. The van der Waals surface area contributed by atoms with Crippen LogP contribution in [0.1, 0.15) is 45.0 Å². The minimum atomic E-state index is 0.305. The van der Waals surface area contributed by atoms with Crippen LogP contribution >= 0.6 is 0 Å². The number of nitrogens with one attached hydrogen (secondary N) is 2. The first kappa shape index (κ1) is 11.2. The summed E-state index contributed by atoms with van der Waals surface area (Å²) in [5, 5.41) is 10.0. The van der Waals surface area contributed by atoms with Gasteiger partial charge in [-0.2, -0.15) is 5.10 Å². The number of hydrogen-bond acceptors (Lipinski definition) is 3. The molecule has 4 nitrogen and oxygen atoms in total. The van der Waals surface area contributed by atoms with Gasteiger partial charge in [-0.15, -0.1) is 0 Å². The zero-order valence-electron chi connectivity index (χ0n) is 9.25. The molecular weight excluding hydrogens is 176 g/mol. The van der Waals surface area contributed by atoms with E-state index in [9.17, 15) is 0 Å². The third-order valence-corrected chi connectivity index (χ3v) is 2.53. The Morgan fingerprint density at radius 3 is 2.86 bits per heavy atom. The predicted octanol–water partition coefficient (Wildman–Crippen LogP) is 1.89. The van der Waals surface area contributed by atoms with Crippen LogP contribution in [0.5, 0.6) is 0 Å². The van der Waals surface area contributed by atoms with E-state index >= 15 is 0 Å². The second-order valence-electron chi connectivity index (χ2n) is 3.84.